The first-order valence-corrected chi connectivity index (χ1v) is 9.22. The second-order valence-corrected chi connectivity index (χ2v) is 7.16. The van der Waals surface area contributed by atoms with Gasteiger partial charge in [0.2, 0.25) is 11.0 Å². The minimum atomic E-state index is -0.00154. The Kier molecular flexibility index (Phi) is 7.27. The van der Waals surface area contributed by atoms with Crippen molar-refractivity contribution < 1.29 is 4.79 Å². The van der Waals surface area contributed by atoms with Gasteiger partial charge in [0.1, 0.15) is 5.01 Å². The van der Waals surface area contributed by atoms with E-state index in [0.29, 0.717) is 28.0 Å². The normalized spacial score (nSPS) is 10.7. The number of nitrogens with one attached hydrogen (secondary N) is 1. The van der Waals surface area contributed by atoms with Crippen molar-refractivity contribution in [2.24, 2.45) is 0 Å². The third-order valence-corrected chi connectivity index (χ3v) is 4.89. The van der Waals surface area contributed by atoms with Gasteiger partial charge < -0.3 is 5.32 Å². The standard InChI is InChI=1S/C16H19Cl2N3OS/c1-2-3-4-5-6-14(22)19-16-21-20-15(23-16)10-11-7-8-12(17)13(18)9-11/h7-9H,2-6,10H2,1H3,(H,19,21,22). The van der Waals surface area contributed by atoms with E-state index in [4.69, 9.17) is 23.2 Å². The Morgan fingerprint density at radius 3 is 2.74 bits per heavy atom. The van der Waals surface area contributed by atoms with E-state index in [1.165, 1.54) is 17.8 Å². The maximum Gasteiger partial charge on any atom is 0.226 e. The van der Waals surface area contributed by atoms with Crippen molar-refractivity contribution in [3.8, 4) is 0 Å². The van der Waals surface area contributed by atoms with Gasteiger partial charge in [0.05, 0.1) is 10.0 Å². The molecule has 23 heavy (non-hydrogen) atoms. The maximum atomic E-state index is 11.8. The number of anilines is 1. The van der Waals surface area contributed by atoms with Crippen molar-refractivity contribution >= 4 is 45.6 Å². The quantitative estimate of drug-likeness (QED) is 0.636. The second-order valence-electron chi connectivity index (χ2n) is 5.29. The Balaban J connectivity index is 1.85. The summed E-state index contributed by atoms with van der Waals surface area (Å²) in [5, 5.41) is 13.3. The highest BCUT2D eigenvalue weighted by atomic mass is 35.5. The molecule has 0 radical (unpaired) electrons. The fraction of sp³-hybridized carbons (Fsp3) is 0.438. The third kappa shape index (κ3) is 6.09. The van der Waals surface area contributed by atoms with E-state index in [2.05, 4.69) is 22.4 Å². The van der Waals surface area contributed by atoms with Gasteiger partial charge in [-0.15, -0.1) is 10.2 Å². The minimum Gasteiger partial charge on any atom is -0.301 e. The smallest absolute Gasteiger partial charge is 0.226 e. The van der Waals surface area contributed by atoms with E-state index >= 15 is 0 Å². The fourth-order valence-corrected chi connectivity index (χ4v) is 3.20. The van der Waals surface area contributed by atoms with E-state index in [9.17, 15) is 4.79 Å². The first-order valence-electron chi connectivity index (χ1n) is 7.64. The monoisotopic (exact) mass is 371 g/mol. The van der Waals surface area contributed by atoms with Crippen LogP contribution in [0.5, 0.6) is 0 Å². The molecule has 2 aromatic rings. The summed E-state index contributed by atoms with van der Waals surface area (Å²) >= 11 is 13.3. The molecule has 1 amide bonds. The van der Waals surface area contributed by atoms with Crippen molar-refractivity contribution in [3.63, 3.8) is 0 Å². The van der Waals surface area contributed by atoms with Gasteiger partial charge in [-0.25, -0.2) is 0 Å². The Morgan fingerprint density at radius 2 is 2.00 bits per heavy atom. The summed E-state index contributed by atoms with van der Waals surface area (Å²) in [5.41, 5.74) is 1.01. The van der Waals surface area contributed by atoms with Crippen molar-refractivity contribution in [1.82, 2.24) is 10.2 Å². The lowest BCUT2D eigenvalue weighted by Crippen LogP contribution is -2.10. The number of amides is 1. The molecule has 1 N–H and O–H groups in total. The molecule has 0 aliphatic rings. The van der Waals surface area contributed by atoms with Crippen molar-refractivity contribution in [1.29, 1.82) is 0 Å². The van der Waals surface area contributed by atoms with Crippen LogP contribution in [-0.2, 0) is 11.2 Å². The molecule has 124 valence electrons. The van der Waals surface area contributed by atoms with Crippen LogP contribution in [0.4, 0.5) is 5.13 Å². The summed E-state index contributed by atoms with van der Waals surface area (Å²) in [5.74, 6) is -0.00154. The molecule has 0 aliphatic carbocycles. The van der Waals surface area contributed by atoms with Gasteiger partial charge in [0.25, 0.3) is 0 Å². The van der Waals surface area contributed by atoms with Crippen LogP contribution in [0.1, 0.15) is 49.6 Å². The number of carbonyl (C=O) groups is 1. The van der Waals surface area contributed by atoms with Gasteiger partial charge in [0, 0.05) is 12.8 Å². The summed E-state index contributed by atoms with van der Waals surface area (Å²) in [6.45, 7) is 2.15. The van der Waals surface area contributed by atoms with Crippen molar-refractivity contribution in [3.05, 3.63) is 38.8 Å². The summed E-state index contributed by atoms with van der Waals surface area (Å²) in [4.78, 5) is 11.8. The van der Waals surface area contributed by atoms with Gasteiger partial charge in [-0.3, -0.25) is 4.79 Å². The number of aromatic nitrogens is 2. The van der Waals surface area contributed by atoms with Crippen molar-refractivity contribution in [2.45, 2.75) is 45.4 Å². The molecule has 1 aromatic carbocycles. The van der Waals surface area contributed by atoms with Gasteiger partial charge in [-0.05, 0) is 24.1 Å². The lowest BCUT2D eigenvalue weighted by molar-refractivity contribution is -0.116. The summed E-state index contributed by atoms with van der Waals surface area (Å²) in [6, 6.07) is 5.48. The van der Waals surface area contributed by atoms with Crippen molar-refractivity contribution in [2.75, 3.05) is 5.32 Å². The van der Waals surface area contributed by atoms with Crippen LogP contribution in [0.25, 0.3) is 0 Å². The number of rotatable bonds is 8. The molecule has 4 nitrogen and oxygen atoms in total. The second kappa shape index (κ2) is 9.21. The highest BCUT2D eigenvalue weighted by Crippen LogP contribution is 2.25. The summed E-state index contributed by atoms with van der Waals surface area (Å²) in [6.07, 6.45) is 5.47. The number of nitrogens with zero attached hydrogens (tertiary/aromatic N) is 2. The molecule has 0 spiro atoms. The number of benzene rings is 1. The predicted molar refractivity (Wildman–Crippen MR) is 96.6 cm³/mol. The molecule has 1 aromatic heterocycles. The van der Waals surface area contributed by atoms with Crippen LogP contribution in [0.3, 0.4) is 0 Å². The molecule has 0 saturated heterocycles. The number of hydrogen-bond acceptors (Lipinski definition) is 4. The fourth-order valence-electron chi connectivity index (χ4n) is 2.09. The van der Waals surface area contributed by atoms with Gasteiger partial charge in [-0.1, -0.05) is 66.8 Å². The molecular weight excluding hydrogens is 353 g/mol. The van der Waals surface area contributed by atoms with E-state index in [1.54, 1.807) is 6.07 Å². The van der Waals surface area contributed by atoms with E-state index in [0.717, 1.165) is 29.8 Å². The number of carbonyl (C=O) groups excluding carboxylic acids is 1. The zero-order chi connectivity index (χ0) is 16.7. The molecule has 0 atom stereocenters. The first-order chi connectivity index (χ1) is 11.1. The molecule has 0 bridgehead atoms. The molecule has 0 aliphatic heterocycles. The third-order valence-electron chi connectivity index (χ3n) is 3.31. The molecule has 1 heterocycles. The van der Waals surface area contributed by atoms with Crippen LogP contribution in [0.15, 0.2) is 18.2 Å². The van der Waals surface area contributed by atoms with Gasteiger partial charge in [0.15, 0.2) is 0 Å². The molecule has 7 heteroatoms. The van der Waals surface area contributed by atoms with Crippen LogP contribution in [0.2, 0.25) is 10.0 Å². The molecule has 2 rings (SSSR count). The Morgan fingerprint density at radius 1 is 1.17 bits per heavy atom. The molecular formula is C16H19Cl2N3OS. The molecule has 0 unspecified atom stereocenters. The van der Waals surface area contributed by atoms with Crippen LogP contribution in [-0.4, -0.2) is 16.1 Å². The predicted octanol–water partition coefficient (Wildman–Crippen LogP) is 5.34. The molecule has 0 fully saturated rings. The average Bonchev–Trinajstić information content (AvgIpc) is 2.94. The maximum absolute atomic E-state index is 11.8. The highest BCUT2D eigenvalue weighted by molar-refractivity contribution is 7.15. The van der Waals surface area contributed by atoms with E-state index in [-0.39, 0.29) is 5.91 Å². The molecule has 0 saturated carbocycles. The van der Waals surface area contributed by atoms with E-state index in [1.807, 2.05) is 12.1 Å². The lowest BCUT2D eigenvalue weighted by atomic mass is 10.1. The zero-order valence-electron chi connectivity index (χ0n) is 12.9. The summed E-state index contributed by atoms with van der Waals surface area (Å²) < 4.78 is 0. The van der Waals surface area contributed by atoms with Crippen LogP contribution < -0.4 is 5.32 Å². The number of halogens is 2. The Hall–Kier alpha value is -1.17. The van der Waals surface area contributed by atoms with Gasteiger partial charge in [-0.2, -0.15) is 0 Å². The highest BCUT2D eigenvalue weighted by Gasteiger charge is 2.09. The average molecular weight is 372 g/mol. The van der Waals surface area contributed by atoms with Crippen LogP contribution >= 0.6 is 34.5 Å². The van der Waals surface area contributed by atoms with E-state index < -0.39 is 0 Å². The number of hydrogen-bond donors (Lipinski definition) is 1. The topological polar surface area (TPSA) is 54.9 Å². The Labute approximate surface area is 150 Å². The Bertz CT molecular complexity index is 661. The SMILES string of the molecule is CCCCCCC(=O)Nc1nnc(Cc2ccc(Cl)c(Cl)c2)s1. The minimum absolute atomic E-state index is 0.00154. The number of unbranched alkanes of at least 4 members (excludes halogenated alkanes) is 3. The lowest BCUT2D eigenvalue weighted by Gasteiger charge is -2.01. The summed E-state index contributed by atoms with van der Waals surface area (Å²) in [7, 11) is 0. The first kappa shape index (κ1) is 18.2. The zero-order valence-corrected chi connectivity index (χ0v) is 15.3. The largest absolute Gasteiger partial charge is 0.301 e. The van der Waals surface area contributed by atoms with Crippen LogP contribution in [0, 0.1) is 0 Å². The van der Waals surface area contributed by atoms with Gasteiger partial charge >= 0.3 is 0 Å².